The third kappa shape index (κ3) is 1.07. The van der Waals surface area contributed by atoms with Crippen LogP contribution in [0.3, 0.4) is 0 Å². The van der Waals surface area contributed by atoms with Gasteiger partial charge in [0.1, 0.15) is 0 Å². The molecule has 0 saturated heterocycles. The van der Waals surface area contributed by atoms with Crippen LogP contribution in [0.5, 0.6) is 0 Å². The highest BCUT2D eigenvalue weighted by Gasteiger charge is 2.38. The van der Waals surface area contributed by atoms with Crippen molar-refractivity contribution in [2.75, 3.05) is 6.54 Å². The van der Waals surface area contributed by atoms with Crippen LogP contribution in [0.1, 0.15) is 31.2 Å². The zero-order valence-electron chi connectivity index (χ0n) is 7.25. The van der Waals surface area contributed by atoms with Crippen LogP contribution in [0.25, 0.3) is 0 Å². The van der Waals surface area contributed by atoms with Gasteiger partial charge in [0.25, 0.3) is 0 Å². The molecule has 0 atom stereocenters. The van der Waals surface area contributed by atoms with E-state index in [-0.39, 0.29) is 0 Å². The molecule has 66 valence electrons. The van der Waals surface area contributed by atoms with Crippen LogP contribution in [0.2, 0.25) is 0 Å². The first-order valence-corrected chi connectivity index (χ1v) is 4.60. The van der Waals surface area contributed by atoms with Gasteiger partial charge in [-0.3, -0.25) is 0 Å². The molecule has 0 amide bonds. The highest BCUT2D eigenvalue weighted by Crippen LogP contribution is 2.46. The zero-order valence-corrected chi connectivity index (χ0v) is 7.25. The number of nitrogens with two attached hydrogens (primary N) is 1. The summed E-state index contributed by atoms with van der Waals surface area (Å²) in [4.78, 5) is 0. The zero-order chi connectivity index (χ0) is 8.44. The van der Waals surface area contributed by atoms with Gasteiger partial charge in [0.2, 0.25) is 0 Å². The predicted molar refractivity (Wildman–Crippen MR) is 47.9 cm³/mol. The molecule has 2 N–H and O–H groups in total. The van der Waals surface area contributed by atoms with E-state index in [0.717, 1.165) is 13.0 Å². The third-order valence-electron chi connectivity index (χ3n) is 3.07. The van der Waals surface area contributed by atoms with Gasteiger partial charge in [-0.25, -0.2) is 0 Å². The molecule has 1 aliphatic rings. The van der Waals surface area contributed by atoms with Gasteiger partial charge >= 0.3 is 0 Å². The minimum atomic E-state index is 0.377. The summed E-state index contributed by atoms with van der Waals surface area (Å²) in [5, 5.41) is 0. The van der Waals surface area contributed by atoms with E-state index in [1.807, 2.05) is 6.26 Å². The summed E-state index contributed by atoms with van der Waals surface area (Å²) in [7, 11) is 0. The molecule has 0 spiro atoms. The summed E-state index contributed by atoms with van der Waals surface area (Å²) >= 11 is 0. The minimum Gasteiger partial charge on any atom is -0.472 e. The van der Waals surface area contributed by atoms with Crippen LogP contribution in [0.4, 0.5) is 0 Å². The molecular formula is C10H15NO. The second-order valence-corrected chi connectivity index (χ2v) is 3.68. The highest BCUT2D eigenvalue weighted by atomic mass is 16.3. The topological polar surface area (TPSA) is 39.2 Å². The Balaban J connectivity index is 2.17. The van der Waals surface area contributed by atoms with Crippen molar-refractivity contribution in [3.8, 4) is 0 Å². The summed E-state index contributed by atoms with van der Waals surface area (Å²) in [5.74, 6) is 0. The standard InChI is InChI=1S/C10H15NO/c11-6-5-10(3-1-4-10)9-2-7-12-8-9/h2,7-8H,1,3-6,11H2. The van der Waals surface area contributed by atoms with E-state index in [1.54, 1.807) is 6.26 Å². The summed E-state index contributed by atoms with van der Waals surface area (Å²) in [6.45, 7) is 0.783. The van der Waals surface area contributed by atoms with Crippen molar-refractivity contribution >= 4 is 0 Å². The molecule has 1 aliphatic carbocycles. The SMILES string of the molecule is NCCC1(c2ccoc2)CCC1. The monoisotopic (exact) mass is 165 g/mol. The van der Waals surface area contributed by atoms with Crippen molar-refractivity contribution in [3.05, 3.63) is 24.2 Å². The maximum Gasteiger partial charge on any atom is 0.0940 e. The fraction of sp³-hybridized carbons (Fsp3) is 0.600. The lowest BCUT2D eigenvalue weighted by Crippen LogP contribution is -2.35. The minimum absolute atomic E-state index is 0.377. The van der Waals surface area contributed by atoms with E-state index in [4.69, 9.17) is 10.2 Å². The molecule has 1 fully saturated rings. The summed E-state index contributed by atoms with van der Waals surface area (Å²) < 4.78 is 5.10. The number of hydrogen-bond donors (Lipinski definition) is 1. The van der Waals surface area contributed by atoms with Crippen LogP contribution in [0.15, 0.2) is 23.0 Å². The second kappa shape index (κ2) is 2.94. The van der Waals surface area contributed by atoms with Crippen molar-refractivity contribution in [3.63, 3.8) is 0 Å². The number of rotatable bonds is 3. The van der Waals surface area contributed by atoms with Crippen LogP contribution >= 0.6 is 0 Å². The van der Waals surface area contributed by atoms with Gasteiger partial charge in [-0.15, -0.1) is 0 Å². The van der Waals surface area contributed by atoms with Crippen molar-refractivity contribution in [1.82, 2.24) is 0 Å². The van der Waals surface area contributed by atoms with Crippen molar-refractivity contribution in [2.45, 2.75) is 31.1 Å². The second-order valence-electron chi connectivity index (χ2n) is 3.68. The average Bonchev–Trinajstić information content (AvgIpc) is 2.48. The van der Waals surface area contributed by atoms with Gasteiger partial charge in [-0.1, -0.05) is 6.42 Å². The smallest absolute Gasteiger partial charge is 0.0940 e. The molecule has 0 aliphatic heterocycles. The first-order chi connectivity index (χ1) is 5.87. The Morgan fingerprint density at radius 3 is 2.75 bits per heavy atom. The summed E-state index contributed by atoms with van der Waals surface area (Å²) in [5.41, 5.74) is 7.32. The fourth-order valence-corrected chi connectivity index (χ4v) is 2.13. The Labute approximate surface area is 72.7 Å². The van der Waals surface area contributed by atoms with E-state index < -0.39 is 0 Å². The Morgan fingerprint density at radius 2 is 2.33 bits per heavy atom. The molecule has 2 heteroatoms. The average molecular weight is 165 g/mol. The van der Waals surface area contributed by atoms with Gasteiger partial charge < -0.3 is 10.2 Å². The molecule has 0 radical (unpaired) electrons. The fourth-order valence-electron chi connectivity index (χ4n) is 2.13. The molecule has 1 heterocycles. The lowest BCUT2D eigenvalue weighted by atomic mass is 9.63. The molecule has 2 rings (SSSR count). The first-order valence-electron chi connectivity index (χ1n) is 4.60. The Hall–Kier alpha value is -0.760. The lowest BCUT2D eigenvalue weighted by Gasteiger charge is -2.41. The Kier molecular flexibility index (Phi) is 1.93. The van der Waals surface area contributed by atoms with Gasteiger partial charge in [-0.05, 0) is 42.9 Å². The van der Waals surface area contributed by atoms with Crippen LogP contribution in [-0.4, -0.2) is 6.54 Å². The molecule has 12 heavy (non-hydrogen) atoms. The highest BCUT2D eigenvalue weighted by molar-refractivity contribution is 5.23. The maximum absolute atomic E-state index is 5.60. The van der Waals surface area contributed by atoms with E-state index in [1.165, 1.54) is 24.8 Å². The quantitative estimate of drug-likeness (QED) is 0.744. The molecule has 0 unspecified atom stereocenters. The molecule has 0 bridgehead atoms. The van der Waals surface area contributed by atoms with E-state index in [0.29, 0.717) is 5.41 Å². The van der Waals surface area contributed by atoms with Gasteiger partial charge in [-0.2, -0.15) is 0 Å². The van der Waals surface area contributed by atoms with E-state index in [2.05, 4.69) is 6.07 Å². The van der Waals surface area contributed by atoms with Gasteiger partial charge in [0, 0.05) is 0 Å². The van der Waals surface area contributed by atoms with E-state index in [9.17, 15) is 0 Å². The lowest BCUT2D eigenvalue weighted by molar-refractivity contribution is 0.228. The van der Waals surface area contributed by atoms with Crippen LogP contribution in [0, 0.1) is 0 Å². The number of furan rings is 1. The molecule has 1 aromatic rings. The molecule has 2 nitrogen and oxygen atoms in total. The summed E-state index contributed by atoms with van der Waals surface area (Å²) in [6.07, 6.45) is 8.63. The number of hydrogen-bond acceptors (Lipinski definition) is 2. The van der Waals surface area contributed by atoms with Gasteiger partial charge in [0.15, 0.2) is 0 Å². The van der Waals surface area contributed by atoms with Crippen LogP contribution < -0.4 is 5.73 Å². The van der Waals surface area contributed by atoms with Crippen LogP contribution in [-0.2, 0) is 5.41 Å². The van der Waals surface area contributed by atoms with Crippen molar-refractivity contribution in [1.29, 1.82) is 0 Å². The maximum atomic E-state index is 5.60. The van der Waals surface area contributed by atoms with E-state index >= 15 is 0 Å². The van der Waals surface area contributed by atoms with Gasteiger partial charge in [0.05, 0.1) is 12.5 Å². The molecular weight excluding hydrogens is 150 g/mol. The normalized spacial score (nSPS) is 20.4. The Morgan fingerprint density at radius 1 is 1.50 bits per heavy atom. The predicted octanol–water partition coefficient (Wildman–Crippen LogP) is 2.05. The van der Waals surface area contributed by atoms with Crippen molar-refractivity contribution in [2.24, 2.45) is 5.73 Å². The third-order valence-corrected chi connectivity index (χ3v) is 3.07. The first kappa shape index (κ1) is 7.87. The molecule has 0 aromatic carbocycles. The molecule has 1 aromatic heterocycles. The summed E-state index contributed by atoms with van der Waals surface area (Å²) in [6, 6.07) is 2.08. The van der Waals surface area contributed by atoms with Crippen molar-refractivity contribution < 1.29 is 4.42 Å². The molecule has 1 saturated carbocycles. The largest absolute Gasteiger partial charge is 0.472 e. The Bertz CT molecular complexity index is 236.